The number of rotatable bonds is 18. The maximum Gasteiger partial charge on any atom is 0.257 e. The third-order valence-electron chi connectivity index (χ3n) is 8.08. The van der Waals surface area contributed by atoms with Crippen LogP contribution in [0.2, 0.25) is 0 Å². The number of nitrogens with zero attached hydrogens (tertiary/aromatic N) is 1. The number of aliphatic imine (C=N–C) groups is 1. The van der Waals surface area contributed by atoms with Crippen LogP contribution in [0.15, 0.2) is 75.5 Å². The molecule has 0 saturated heterocycles. The van der Waals surface area contributed by atoms with Crippen LogP contribution in [0.5, 0.6) is 0 Å². The van der Waals surface area contributed by atoms with Gasteiger partial charge in [-0.25, -0.2) is 0 Å². The maximum atomic E-state index is 13.1. The monoisotopic (exact) mass is 585 g/mol. The second-order valence-corrected chi connectivity index (χ2v) is 11.5. The molecule has 2 N–H and O–H groups in total. The van der Waals surface area contributed by atoms with Crippen molar-refractivity contribution in [1.29, 1.82) is 0 Å². The average molecular weight is 586 g/mol. The number of hydrogen-bond donors (Lipinski definition) is 2. The molecule has 1 heterocycles. The summed E-state index contributed by atoms with van der Waals surface area (Å²) in [6.45, 7) is 19.4. The normalized spacial score (nSPS) is 13.7. The Morgan fingerprint density at radius 3 is 2.47 bits per heavy atom. The molecule has 0 aliphatic carbocycles. The van der Waals surface area contributed by atoms with E-state index in [0.717, 1.165) is 53.0 Å². The predicted molar refractivity (Wildman–Crippen MR) is 188 cm³/mol. The van der Waals surface area contributed by atoms with Crippen molar-refractivity contribution in [3.05, 3.63) is 98.3 Å². The molecule has 0 amide bonds. The van der Waals surface area contributed by atoms with Gasteiger partial charge in [-0.1, -0.05) is 78.5 Å². The molecule has 1 atom stereocenters. The summed E-state index contributed by atoms with van der Waals surface area (Å²) in [5.74, 6) is 1.38. The van der Waals surface area contributed by atoms with Crippen molar-refractivity contribution in [1.82, 2.24) is 4.98 Å². The number of aromatic nitrogens is 1. The molecule has 0 bridgehead atoms. The molecule has 2 aromatic rings. The third kappa shape index (κ3) is 10.9. The van der Waals surface area contributed by atoms with Crippen LogP contribution in [0.4, 0.5) is 5.69 Å². The van der Waals surface area contributed by atoms with Gasteiger partial charge < -0.3 is 15.0 Å². The fourth-order valence-electron chi connectivity index (χ4n) is 5.47. The maximum absolute atomic E-state index is 13.1. The Morgan fingerprint density at radius 1 is 1.07 bits per heavy atom. The number of aryl methyl sites for hydroxylation is 1. The summed E-state index contributed by atoms with van der Waals surface area (Å²) in [4.78, 5) is 20.5. The Hall–Kier alpha value is -3.60. The van der Waals surface area contributed by atoms with Crippen LogP contribution in [-0.2, 0) is 4.74 Å². The van der Waals surface area contributed by atoms with E-state index in [4.69, 9.17) is 4.74 Å². The largest absolute Gasteiger partial charge is 0.495 e. The highest BCUT2D eigenvalue weighted by atomic mass is 16.5. The van der Waals surface area contributed by atoms with Crippen molar-refractivity contribution >= 4 is 23.7 Å². The second kappa shape index (κ2) is 18.8. The molecule has 5 nitrogen and oxygen atoms in total. The van der Waals surface area contributed by atoms with E-state index in [1.807, 2.05) is 19.2 Å². The minimum absolute atomic E-state index is 0.168. The lowest BCUT2D eigenvalue weighted by molar-refractivity contribution is 0.312. The summed E-state index contributed by atoms with van der Waals surface area (Å²) in [5, 5.41) is 3.43. The van der Waals surface area contributed by atoms with Crippen molar-refractivity contribution in [2.24, 2.45) is 4.99 Å². The predicted octanol–water partition coefficient (Wildman–Crippen LogP) is 10.7. The number of H-pyrrole nitrogens is 1. The first kappa shape index (κ1) is 35.6. The van der Waals surface area contributed by atoms with Gasteiger partial charge >= 0.3 is 0 Å². The van der Waals surface area contributed by atoms with E-state index in [0.29, 0.717) is 17.2 Å². The van der Waals surface area contributed by atoms with Gasteiger partial charge in [-0.2, -0.15) is 0 Å². The van der Waals surface area contributed by atoms with Gasteiger partial charge in [-0.15, -0.1) is 0 Å². The summed E-state index contributed by atoms with van der Waals surface area (Å²) in [6, 6.07) is 8.50. The molecule has 234 valence electrons. The molecule has 0 fully saturated rings. The van der Waals surface area contributed by atoms with Gasteiger partial charge in [0.05, 0.1) is 18.9 Å². The van der Waals surface area contributed by atoms with E-state index in [1.165, 1.54) is 49.7 Å². The number of benzene rings is 1. The van der Waals surface area contributed by atoms with Crippen molar-refractivity contribution in [3.63, 3.8) is 0 Å². The zero-order chi connectivity index (χ0) is 31.8. The van der Waals surface area contributed by atoms with Crippen LogP contribution in [0.3, 0.4) is 0 Å². The second-order valence-electron chi connectivity index (χ2n) is 11.5. The molecule has 0 radical (unpaired) electrons. The Morgan fingerprint density at radius 2 is 1.84 bits per heavy atom. The number of allylic oxidation sites excluding steroid dienone is 4. The van der Waals surface area contributed by atoms with Gasteiger partial charge in [0.1, 0.15) is 5.76 Å². The molecule has 2 rings (SSSR count). The third-order valence-corrected chi connectivity index (χ3v) is 8.08. The Labute approximate surface area is 261 Å². The van der Waals surface area contributed by atoms with Gasteiger partial charge in [0.25, 0.3) is 5.56 Å². The number of ether oxygens (including phenoxy) is 1. The van der Waals surface area contributed by atoms with Gasteiger partial charge in [-0.3, -0.25) is 9.79 Å². The minimum Gasteiger partial charge on any atom is -0.495 e. The molecule has 5 heteroatoms. The van der Waals surface area contributed by atoms with E-state index in [9.17, 15) is 4.79 Å². The van der Waals surface area contributed by atoms with E-state index in [-0.39, 0.29) is 5.56 Å². The quantitative estimate of drug-likeness (QED) is 0.0791. The number of nitrogens with one attached hydrogen (secondary N) is 2. The first-order chi connectivity index (χ1) is 20.7. The zero-order valence-corrected chi connectivity index (χ0v) is 28.0. The topological polar surface area (TPSA) is 66.5 Å². The molecule has 1 aromatic carbocycles. The molecule has 1 unspecified atom stereocenters. The van der Waals surface area contributed by atoms with Crippen molar-refractivity contribution < 1.29 is 4.74 Å². The summed E-state index contributed by atoms with van der Waals surface area (Å²) in [5.41, 5.74) is 8.75. The molecule has 1 aromatic heterocycles. The zero-order valence-electron chi connectivity index (χ0n) is 28.0. The number of methoxy groups -OCH3 is 1. The van der Waals surface area contributed by atoms with Gasteiger partial charge in [0, 0.05) is 23.8 Å². The van der Waals surface area contributed by atoms with Gasteiger partial charge in [0.2, 0.25) is 0 Å². The number of anilines is 1. The van der Waals surface area contributed by atoms with Crippen molar-refractivity contribution in [2.45, 2.75) is 112 Å². The average Bonchev–Trinajstić information content (AvgIpc) is 2.98. The fourth-order valence-corrected chi connectivity index (χ4v) is 5.47. The van der Waals surface area contributed by atoms with Crippen LogP contribution in [-0.4, -0.2) is 18.3 Å². The lowest BCUT2D eigenvalue weighted by atomic mass is 9.86. The highest BCUT2D eigenvalue weighted by molar-refractivity contribution is 5.81. The fraction of sp³-hybridized carbons (Fsp3) is 0.474. The summed E-state index contributed by atoms with van der Waals surface area (Å²) < 4.78 is 5.48. The van der Waals surface area contributed by atoms with Crippen LogP contribution < -0.4 is 10.9 Å². The highest BCUT2D eigenvalue weighted by Crippen LogP contribution is 2.32. The minimum atomic E-state index is -0.168. The molecule has 0 spiro atoms. The molecule has 43 heavy (non-hydrogen) atoms. The van der Waals surface area contributed by atoms with E-state index in [2.05, 4.69) is 87.7 Å². The SMILES string of the molecule is C=C(Nc1ccc(C(CCC)CCCCC)c(C)c1)c1c(/C=C(CCC)/C(C)=C/N=CC(OC)=C(C)CC)cc[nH]c1=O. The van der Waals surface area contributed by atoms with Crippen molar-refractivity contribution in [3.8, 4) is 0 Å². The number of pyridine rings is 1. The van der Waals surface area contributed by atoms with Crippen LogP contribution >= 0.6 is 0 Å². The van der Waals surface area contributed by atoms with Crippen LogP contribution in [0.25, 0.3) is 11.8 Å². The van der Waals surface area contributed by atoms with Crippen molar-refractivity contribution in [2.75, 3.05) is 12.4 Å². The smallest absolute Gasteiger partial charge is 0.257 e. The molecular formula is C38H55N3O2. The molecule has 0 aliphatic rings. The number of hydrogen-bond acceptors (Lipinski definition) is 4. The summed E-state index contributed by atoms with van der Waals surface area (Å²) in [7, 11) is 1.67. The first-order valence-corrected chi connectivity index (χ1v) is 16.1. The lowest BCUT2D eigenvalue weighted by Gasteiger charge is -2.20. The van der Waals surface area contributed by atoms with E-state index in [1.54, 1.807) is 19.5 Å². The molecule has 0 saturated carbocycles. The van der Waals surface area contributed by atoms with Gasteiger partial charge in [0.15, 0.2) is 0 Å². The Bertz CT molecular complexity index is 1370. The summed E-state index contributed by atoms with van der Waals surface area (Å²) in [6.07, 6.45) is 17.6. The lowest BCUT2D eigenvalue weighted by Crippen LogP contribution is -2.16. The first-order valence-electron chi connectivity index (χ1n) is 16.1. The van der Waals surface area contributed by atoms with Crippen LogP contribution in [0.1, 0.15) is 128 Å². The Balaban J connectivity index is 2.38. The van der Waals surface area contributed by atoms with Gasteiger partial charge in [-0.05, 0) is 104 Å². The molecule has 0 aliphatic heterocycles. The molecular weight excluding hydrogens is 530 g/mol. The Kier molecular flexibility index (Phi) is 15.6. The van der Waals surface area contributed by atoms with E-state index < -0.39 is 0 Å². The van der Waals surface area contributed by atoms with E-state index >= 15 is 0 Å². The summed E-state index contributed by atoms with van der Waals surface area (Å²) >= 11 is 0. The highest BCUT2D eigenvalue weighted by Gasteiger charge is 2.15. The number of unbranched alkanes of at least 4 members (excludes halogenated alkanes) is 2. The van der Waals surface area contributed by atoms with Crippen LogP contribution in [0, 0.1) is 6.92 Å². The standard InChI is InChI=1S/C38H55N3O2/c1-10-14-15-18-31(16-11-2)35-20-19-34(23-28(35)6)41-30(8)37-33(21-22-40-38(37)42)24-32(17-12-3)29(7)25-39-26-36(43-9)27(5)13-4/h19-26,31,41H,8,10-18H2,1-7,9H3,(H,40,42)/b29-25+,32-24+,36-27?,39-26?. The number of aromatic amines is 1.